The van der Waals surface area contributed by atoms with Crippen molar-refractivity contribution in [2.75, 3.05) is 27.2 Å². The Balaban J connectivity index is 1.72. The van der Waals surface area contributed by atoms with Crippen LogP contribution in [0.5, 0.6) is 0 Å². The molecule has 4 aromatic carbocycles. The van der Waals surface area contributed by atoms with Crippen LogP contribution in [0, 0.1) is 0 Å². The molecule has 6 nitrogen and oxygen atoms in total. The summed E-state index contributed by atoms with van der Waals surface area (Å²) in [6.07, 6.45) is 0.766. The van der Waals surface area contributed by atoms with Gasteiger partial charge >= 0.3 is 0 Å². The second kappa shape index (κ2) is 11.2. The Kier molecular flexibility index (Phi) is 7.57. The van der Waals surface area contributed by atoms with Crippen molar-refractivity contribution in [3.8, 4) is 5.69 Å². The third-order valence-corrected chi connectivity index (χ3v) is 7.33. The van der Waals surface area contributed by atoms with Gasteiger partial charge in [-0.1, -0.05) is 73.7 Å². The zero-order chi connectivity index (χ0) is 27.5. The number of aryl methyl sites for hydroxylation is 1. The first-order valence-corrected chi connectivity index (χ1v) is 13.4. The van der Waals surface area contributed by atoms with E-state index >= 15 is 0 Å². The summed E-state index contributed by atoms with van der Waals surface area (Å²) in [6.45, 7) is 5.20. The summed E-state index contributed by atoms with van der Waals surface area (Å²) in [4.78, 5) is 37.3. The molecule has 0 radical (unpaired) electrons. The monoisotopic (exact) mass is 518 g/mol. The Morgan fingerprint density at radius 1 is 0.846 bits per heavy atom. The fourth-order valence-electron chi connectivity index (χ4n) is 5.18. The van der Waals surface area contributed by atoms with Crippen molar-refractivity contribution < 1.29 is 4.79 Å². The van der Waals surface area contributed by atoms with E-state index in [0.717, 1.165) is 28.4 Å². The van der Waals surface area contributed by atoms with E-state index < -0.39 is 6.04 Å². The van der Waals surface area contributed by atoms with Crippen molar-refractivity contribution in [3.63, 3.8) is 0 Å². The smallest absolute Gasteiger partial charge is 0.266 e. The van der Waals surface area contributed by atoms with Crippen molar-refractivity contribution in [3.05, 3.63) is 118 Å². The van der Waals surface area contributed by atoms with Crippen molar-refractivity contribution in [2.45, 2.75) is 26.3 Å². The van der Waals surface area contributed by atoms with Gasteiger partial charge in [0.05, 0.1) is 22.6 Å². The van der Waals surface area contributed by atoms with Gasteiger partial charge in [0.15, 0.2) is 0 Å². The molecule has 0 aliphatic rings. The molecule has 0 aliphatic carbocycles. The summed E-state index contributed by atoms with van der Waals surface area (Å²) < 4.78 is 1.71. The van der Waals surface area contributed by atoms with Crippen LogP contribution in [0.3, 0.4) is 0 Å². The van der Waals surface area contributed by atoms with Gasteiger partial charge in [0.2, 0.25) is 0 Å². The van der Waals surface area contributed by atoms with Gasteiger partial charge in [-0.15, -0.1) is 0 Å². The number of hydrogen-bond acceptors (Lipinski definition) is 4. The minimum Gasteiger partial charge on any atom is -0.327 e. The fraction of sp³-hybridized carbons (Fsp3) is 0.242. The molecule has 5 rings (SSSR count). The lowest BCUT2D eigenvalue weighted by Crippen LogP contribution is -2.41. The number of rotatable bonds is 8. The van der Waals surface area contributed by atoms with Gasteiger partial charge in [-0.05, 0) is 68.0 Å². The molecule has 1 heterocycles. The maximum atomic E-state index is 14.3. The first kappa shape index (κ1) is 26.3. The summed E-state index contributed by atoms with van der Waals surface area (Å²) in [6, 6.07) is 28.6. The number of amides is 1. The summed E-state index contributed by atoms with van der Waals surface area (Å²) in [5, 5.41) is 2.48. The number of fused-ring (bicyclic) bond motifs is 2. The highest BCUT2D eigenvalue weighted by atomic mass is 16.2. The number of para-hydroxylation sites is 2. The van der Waals surface area contributed by atoms with E-state index in [9.17, 15) is 9.59 Å². The van der Waals surface area contributed by atoms with E-state index in [2.05, 4.69) is 11.8 Å². The lowest BCUT2D eigenvalue weighted by Gasteiger charge is -2.32. The molecular weight excluding hydrogens is 484 g/mol. The Labute approximate surface area is 229 Å². The van der Waals surface area contributed by atoms with Crippen molar-refractivity contribution >= 4 is 27.6 Å². The molecule has 1 amide bonds. The van der Waals surface area contributed by atoms with Crippen LogP contribution in [-0.2, 0) is 6.42 Å². The van der Waals surface area contributed by atoms with E-state index in [1.54, 1.807) is 4.57 Å². The molecule has 0 N–H and O–H groups in total. The average Bonchev–Trinajstić information content (AvgIpc) is 2.96. The maximum absolute atomic E-state index is 14.3. The van der Waals surface area contributed by atoms with Gasteiger partial charge in [-0.2, -0.15) is 0 Å². The highest BCUT2D eigenvalue weighted by Crippen LogP contribution is 2.28. The zero-order valence-corrected chi connectivity index (χ0v) is 23.0. The molecule has 1 aromatic heterocycles. The molecule has 0 spiro atoms. The Bertz CT molecular complexity index is 1700. The lowest BCUT2D eigenvalue weighted by atomic mass is 10.0. The number of hydrogen-bond donors (Lipinski definition) is 0. The predicted octanol–water partition coefficient (Wildman–Crippen LogP) is 5.87. The fourth-order valence-corrected chi connectivity index (χ4v) is 5.18. The molecule has 6 heteroatoms. The van der Waals surface area contributed by atoms with E-state index in [1.807, 2.05) is 117 Å². The van der Waals surface area contributed by atoms with Gasteiger partial charge < -0.3 is 9.80 Å². The molecule has 0 bridgehead atoms. The molecule has 0 saturated carbocycles. The van der Waals surface area contributed by atoms with Gasteiger partial charge in [0.1, 0.15) is 5.82 Å². The SMILES string of the molecule is CCc1ccccc1-n1c(C(C)N(CCN(C)C)C(=O)c2cccc3ccccc23)nc2ccccc2c1=O. The third kappa shape index (κ3) is 5.08. The maximum Gasteiger partial charge on any atom is 0.266 e. The molecule has 1 atom stereocenters. The van der Waals surface area contributed by atoms with Crippen LogP contribution >= 0.6 is 0 Å². The van der Waals surface area contributed by atoms with E-state index in [1.165, 1.54) is 0 Å². The van der Waals surface area contributed by atoms with Crippen LogP contribution in [0.4, 0.5) is 0 Å². The number of likely N-dealkylation sites (N-methyl/N-ethyl adjacent to an activating group) is 1. The quantitative estimate of drug-likeness (QED) is 0.258. The summed E-state index contributed by atoms with van der Waals surface area (Å²) >= 11 is 0. The van der Waals surface area contributed by atoms with E-state index in [4.69, 9.17) is 4.98 Å². The van der Waals surface area contributed by atoms with Crippen LogP contribution in [0.1, 0.15) is 41.6 Å². The average molecular weight is 519 g/mol. The molecule has 0 aliphatic heterocycles. The van der Waals surface area contributed by atoms with Crippen molar-refractivity contribution in [1.82, 2.24) is 19.4 Å². The van der Waals surface area contributed by atoms with Crippen molar-refractivity contribution in [2.24, 2.45) is 0 Å². The molecule has 39 heavy (non-hydrogen) atoms. The molecular formula is C33H34N4O2. The first-order valence-electron chi connectivity index (χ1n) is 13.4. The highest BCUT2D eigenvalue weighted by Gasteiger charge is 2.29. The van der Waals surface area contributed by atoms with Crippen LogP contribution in [0.15, 0.2) is 95.8 Å². The van der Waals surface area contributed by atoms with E-state index in [0.29, 0.717) is 35.4 Å². The summed E-state index contributed by atoms with van der Waals surface area (Å²) in [5.41, 5.74) is 2.98. The Morgan fingerprint density at radius 2 is 1.51 bits per heavy atom. The van der Waals surface area contributed by atoms with E-state index in [-0.39, 0.29) is 11.5 Å². The standard InChI is InChI=1S/C33H34N4O2/c1-5-24-13-7-11-20-30(24)37-31(34-29-19-10-9-17-28(29)33(37)39)23(2)36(22-21-35(3)4)32(38)27-18-12-15-25-14-6-8-16-26(25)27/h6-20,23H,5,21-22H2,1-4H3. The van der Waals surface area contributed by atoms with Crippen LogP contribution in [0.2, 0.25) is 0 Å². The predicted molar refractivity (Wildman–Crippen MR) is 159 cm³/mol. The Morgan fingerprint density at radius 3 is 2.28 bits per heavy atom. The van der Waals surface area contributed by atoms with Gasteiger partial charge in [0.25, 0.3) is 11.5 Å². The van der Waals surface area contributed by atoms with Gasteiger partial charge in [-0.25, -0.2) is 4.98 Å². The molecule has 198 valence electrons. The Hall–Kier alpha value is -4.29. The molecule has 0 saturated heterocycles. The third-order valence-electron chi connectivity index (χ3n) is 7.33. The zero-order valence-electron chi connectivity index (χ0n) is 23.0. The van der Waals surface area contributed by atoms with Crippen molar-refractivity contribution in [1.29, 1.82) is 0 Å². The normalized spacial score (nSPS) is 12.2. The minimum absolute atomic E-state index is 0.0844. The number of nitrogens with zero attached hydrogens (tertiary/aromatic N) is 4. The lowest BCUT2D eigenvalue weighted by molar-refractivity contribution is 0.0669. The van der Waals surface area contributed by atoms with Crippen LogP contribution in [-0.4, -0.2) is 52.4 Å². The number of benzene rings is 4. The number of carbonyl (C=O) groups excluding carboxylic acids is 1. The summed E-state index contributed by atoms with van der Waals surface area (Å²) in [7, 11) is 3.99. The van der Waals surface area contributed by atoms with Gasteiger partial charge in [-0.3, -0.25) is 14.2 Å². The molecule has 1 unspecified atom stereocenters. The highest BCUT2D eigenvalue weighted by molar-refractivity contribution is 6.07. The summed E-state index contributed by atoms with van der Waals surface area (Å²) in [5.74, 6) is 0.464. The molecule has 0 fully saturated rings. The van der Waals surface area contributed by atoms with Crippen LogP contribution < -0.4 is 5.56 Å². The first-order chi connectivity index (χ1) is 18.9. The minimum atomic E-state index is -0.473. The topological polar surface area (TPSA) is 58.4 Å². The number of aromatic nitrogens is 2. The second-order valence-corrected chi connectivity index (χ2v) is 10.1. The number of carbonyl (C=O) groups is 1. The van der Waals surface area contributed by atoms with Crippen LogP contribution in [0.25, 0.3) is 27.4 Å². The van der Waals surface area contributed by atoms with Gasteiger partial charge in [0, 0.05) is 18.7 Å². The molecule has 5 aromatic rings. The largest absolute Gasteiger partial charge is 0.327 e. The second-order valence-electron chi connectivity index (χ2n) is 10.1.